The Morgan fingerprint density at radius 2 is 1.76 bits per heavy atom. The number of carbonyl (C=O) groups is 3. The fourth-order valence-electron chi connectivity index (χ4n) is 8.00. The van der Waals surface area contributed by atoms with Gasteiger partial charge in [0.25, 0.3) is 5.97 Å². The highest BCUT2D eigenvalue weighted by Gasteiger charge is 2.61. The van der Waals surface area contributed by atoms with Gasteiger partial charge in [-0.3, -0.25) is 14.4 Å². The zero-order chi connectivity index (χ0) is 21.6. The van der Waals surface area contributed by atoms with Gasteiger partial charge in [-0.05, 0) is 86.0 Å². The largest absolute Gasteiger partial charge is 0.481 e. The molecule has 4 heteroatoms. The number of fused-ring (bicyclic) bond motifs is 5. The number of carboxylic acids is 1. The molecule has 0 amide bonds. The van der Waals surface area contributed by atoms with Crippen LogP contribution in [0, 0.1) is 40.4 Å². The minimum absolute atomic E-state index is 0.223. The molecule has 0 bridgehead atoms. The lowest BCUT2D eigenvalue weighted by atomic mass is 9.44. The molecule has 0 aromatic carbocycles. The van der Waals surface area contributed by atoms with Crippen LogP contribution in [-0.2, 0) is 14.4 Å². The van der Waals surface area contributed by atoms with Crippen LogP contribution in [0.25, 0.3) is 0 Å². The van der Waals surface area contributed by atoms with E-state index >= 15 is 0 Å². The van der Waals surface area contributed by atoms with E-state index < -0.39 is 5.97 Å². The molecule has 0 aliphatic heterocycles. The Morgan fingerprint density at radius 3 is 2.34 bits per heavy atom. The normalized spacial score (nSPS) is 43.1. The van der Waals surface area contributed by atoms with Crippen molar-refractivity contribution in [1.82, 2.24) is 0 Å². The zero-order valence-electron chi connectivity index (χ0n) is 18.8. The SMILES string of the molecule is CC(=O)O.CCC1CC(=O)C=C2CC[C@H]3[C@@H]4CC[C@H](C(C)=O)[C@@]4(C)CC[C@@H]3[C@]21C. The lowest BCUT2D eigenvalue weighted by molar-refractivity contribution is -0.134. The molecular formula is C25H38O4. The highest BCUT2D eigenvalue weighted by atomic mass is 16.4. The molecule has 3 fully saturated rings. The number of allylic oxidation sites excluding steroid dienone is 1. The quantitative estimate of drug-likeness (QED) is 0.666. The summed E-state index contributed by atoms with van der Waals surface area (Å²) in [6.07, 6.45) is 11.0. The van der Waals surface area contributed by atoms with Crippen molar-refractivity contribution in [2.24, 2.45) is 40.4 Å². The Morgan fingerprint density at radius 1 is 1.10 bits per heavy atom. The fraction of sp³-hybridized carbons (Fsp3) is 0.800. The standard InChI is InChI=1S/C23H34O2.C2H4O2/c1-5-15-12-17(25)13-16-6-7-18-20-9-8-19(14(2)24)22(20,3)11-10-21(18)23(15,16)4;1-2(3)4/h13,15,18-21H,5-12H2,1-4H3;1H3,(H,3,4)/t15?,18-,19+,20-,21-,22+,23-;/m0./s1. The van der Waals surface area contributed by atoms with Gasteiger partial charge in [-0.1, -0.05) is 32.8 Å². The third-order valence-corrected chi connectivity index (χ3v) is 9.26. The first-order valence-electron chi connectivity index (χ1n) is 11.5. The molecule has 0 radical (unpaired) electrons. The molecule has 7 atom stereocenters. The van der Waals surface area contributed by atoms with Gasteiger partial charge >= 0.3 is 0 Å². The summed E-state index contributed by atoms with van der Waals surface area (Å²) in [7, 11) is 0. The molecule has 3 saturated carbocycles. The summed E-state index contributed by atoms with van der Waals surface area (Å²) in [6.45, 7) is 10.1. The first-order valence-corrected chi connectivity index (χ1v) is 11.5. The van der Waals surface area contributed by atoms with E-state index in [-0.39, 0.29) is 16.7 Å². The van der Waals surface area contributed by atoms with Crippen LogP contribution in [0.15, 0.2) is 11.6 Å². The number of hydrogen-bond acceptors (Lipinski definition) is 3. The third-order valence-electron chi connectivity index (χ3n) is 9.26. The van der Waals surface area contributed by atoms with Crippen LogP contribution < -0.4 is 0 Å². The maximum atomic E-state index is 12.2. The molecule has 1 N–H and O–H groups in total. The number of carbonyl (C=O) groups excluding carboxylic acids is 2. The first kappa shape index (κ1) is 22.2. The van der Waals surface area contributed by atoms with Crippen molar-refractivity contribution in [3.05, 3.63) is 11.6 Å². The molecule has 4 rings (SSSR count). The van der Waals surface area contributed by atoms with Gasteiger partial charge in [-0.2, -0.15) is 0 Å². The lowest BCUT2D eigenvalue weighted by Gasteiger charge is -2.60. The van der Waals surface area contributed by atoms with Gasteiger partial charge in [0.1, 0.15) is 5.78 Å². The van der Waals surface area contributed by atoms with E-state index in [4.69, 9.17) is 9.90 Å². The summed E-state index contributed by atoms with van der Waals surface area (Å²) in [6, 6.07) is 0. The molecule has 29 heavy (non-hydrogen) atoms. The zero-order valence-corrected chi connectivity index (χ0v) is 18.8. The van der Waals surface area contributed by atoms with E-state index in [0.29, 0.717) is 29.3 Å². The minimum Gasteiger partial charge on any atom is -0.481 e. The second kappa shape index (κ2) is 8.00. The highest BCUT2D eigenvalue weighted by Crippen LogP contribution is 2.67. The number of rotatable bonds is 2. The molecule has 0 saturated heterocycles. The number of aliphatic carboxylic acids is 1. The lowest BCUT2D eigenvalue weighted by Crippen LogP contribution is -2.53. The minimum atomic E-state index is -0.833. The number of carboxylic acid groups (broad SMARTS) is 1. The summed E-state index contributed by atoms with van der Waals surface area (Å²) >= 11 is 0. The highest BCUT2D eigenvalue weighted by molar-refractivity contribution is 5.92. The molecule has 4 nitrogen and oxygen atoms in total. The van der Waals surface area contributed by atoms with Gasteiger partial charge in [-0.15, -0.1) is 0 Å². The maximum absolute atomic E-state index is 12.2. The second-order valence-corrected chi connectivity index (χ2v) is 10.4. The molecule has 1 unspecified atom stereocenters. The van der Waals surface area contributed by atoms with Crippen LogP contribution >= 0.6 is 0 Å². The molecule has 4 aliphatic rings. The van der Waals surface area contributed by atoms with Crippen LogP contribution in [0.4, 0.5) is 0 Å². The Labute approximate surface area is 175 Å². The number of Topliss-reactive ketones (excluding diaryl/α,β-unsaturated/α-hetero) is 1. The van der Waals surface area contributed by atoms with Gasteiger partial charge in [0.2, 0.25) is 0 Å². The summed E-state index contributed by atoms with van der Waals surface area (Å²) in [4.78, 5) is 33.5. The molecule has 0 aromatic heterocycles. The second-order valence-electron chi connectivity index (χ2n) is 10.4. The van der Waals surface area contributed by atoms with Gasteiger partial charge in [0.15, 0.2) is 5.78 Å². The summed E-state index contributed by atoms with van der Waals surface area (Å²) in [5, 5.41) is 7.42. The predicted octanol–water partition coefficient (Wildman–Crippen LogP) is 5.45. The Hall–Kier alpha value is -1.45. The smallest absolute Gasteiger partial charge is 0.300 e. The van der Waals surface area contributed by atoms with E-state index in [1.54, 1.807) is 0 Å². The van der Waals surface area contributed by atoms with Crippen molar-refractivity contribution >= 4 is 17.5 Å². The van der Waals surface area contributed by atoms with Crippen molar-refractivity contribution in [2.75, 3.05) is 0 Å². The van der Waals surface area contributed by atoms with Crippen LogP contribution in [-0.4, -0.2) is 22.6 Å². The molecule has 0 spiro atoms. The number of hydrogen-bond donors (Lipinski definition) is 1. The van der Waals surface area contributed by atoms with Gasteiger partial charge in [0, 0.05) is 19.3 Å². The van der Waals surface area contributed by atoms with Crippen LogP contribution in [0.1, 0.15) is 86.0 Å². The number of ketones is 2. The van der Waals surface area contributed by atoms with E-state index in [1.165, 1.54) is 31.3 Å². The van der Waals surface area contributed by atoms with Gasteiger partial charge < -0.3 is 5.11 Å². The summed E-state index contributed by atoms with van der Waals surface area (Å²) < 4.78 is 0. The molecule has 162 valence electrons. The first-order chi connectivity index (χ1) is 13.6. The fourth-order valence-corrected chi connectivity index (χ4v) is 8.00. The average molecular weight is 403 g/mol. The Bertz CT molecular complexity index is 718. The van der Waals surface area contributed by atoms with E-state index in [1.807, 2.05) is 13.0 Å². The topological polar surface area (TPSA) is 71.4 Å². The summed E-state index contributed by atoms with van der Waals surface area (Å²) in [5.74, 6) is 2.94. The molecule has 0 aromatic rings. The van der Waals surface area contributed by atoms with E-state index in [2.05, 4.69) is 20.8 Å². The van der Waals surface area contributed by atoms with Gasteiger partial charge in [0.05, 0.1) is 0 Å². The van der Waals surface area contributed by atoms with Gasteiger partial charge in [-0.25, -0.2) is 0 Å². The molecular weight excluding hydrogens is 364 g/mol. The Kier molecular flexibility index (Phi) is 6.13. The van der Waals surface area contributed by atoms with E-state index in [0.717, 1.165) is 38.5 Å². The molecule has 4 aliphatic carbocycles. The average Bonchev–Trinajstić information content (AvgIpc) is 2.98. The van der Waals surface area contributed by atoms with Crippen LogP contribution in [0.5, 0.6) is 0 Å². The van der Waals surface area contributed by atoms with Crippen molar-refractivity contribution in [3.8, 4) is 0 Å². The van der Waals surface area contributed by atoms with Crippen LogP contribution in [0.2, 0.25) is 0 Å². The summed E-state index contributed by atoms with van der Waals surface area (Å²) in [5.41, 5.74) is 1.92. The van der Waals surface area contributed by atoms with Crippen LogP contribution in [0.3, 0.4) is 0 Å². The molecule has 0 heterocycles. The van der Waals surface area contributed by atoms with Crippen molar-refractivity contribution in [2.45, 2.75) is 86.0 Å². The Balaban J connectivity index is 0.000000552. The van der Waals surface area contributed by atoms with Crippen molar-refractivity contribution < 1.29 is 19.5 Å². The maximum Gasteiger partial charge on any atom is 0.300 e. The van der Waals surface area contributed by atoms with Crippen molar-refractivity contribution in [1.29, 1.82) is 0 Å². The predicted molar refractivity (Wildman–Crippen MR) is 113 cm³/mol. The van der Waals surface area contributed by atoms with Crippen molar-refractivity contribution in [3.63, 3.8) is 0 Å². The monoisotopic (exact) mass is 402 g/mol. The van der Waals surface area contributed by atoms with E-state index in [9.17, 15) is 9.59 Å². The third kappa shape index (κ3) is 3.61.